The summed E-state index contributed by atoms with van der Waals surface area (Å²) in [4.78, 5) is 4.22. The third-order valence-electron chi connectivity index (χ3n) is 3.15. The number of benzene rings is 1. The van der Waals surface area contributed by atoms with Crippen molar-refractivity contribution in [2.45, 2.75) is 32.7 Å². The van der Waals surface area contributed by atoms with Crippen LogP contribution >= 0.6 is 15.9 Å². The fourth-order valence-electron chi connectivity index (χ4n) is 2.07. The molecule has 0 aliphatic carbocycles. The van der Waals surface area contributed by atoms with E-state index in [1.165, 1.54) is 17.5 Å². The van der Waals surface area contributed by atoms with Crippen LogP contribution in [-0.4, -0.2) is 4.98 Å². The molecule has 100 valence electrons. The molecule has 0 aliphatic rings. The topological polar surface area (TPSA) is 24.9 Å². The lowest BCUT2D eigenvalue weighted by atomic mass is 10.0. The predicted molar refractivity (Wildman–Crippen MR) is 84.4 cm³/mol. The lowest BCUT2D eigenvalue weighted by Gasteiger charge is -2.16. The maximum atomic E-state index is 4.22. The molecular formula is C16H19BrN2. The van der Waals surface area contributed by atoms with Crippen molar-refractivity contribution in [3.05, 3.63) is 58.3 Å². The fraction of sp³-hybridized carbons (Fsp3) is 0.312. The highest BCUT2D eigenvalue weighted by atomic mass is 79.9. The van der Waals surface area contributed by atoms with Gasteiger partial charge in [-0.05, 0) is 52.5 Å². The Kier molecular flexibility index (Phi) is 4.97. The van der Waals surface area contributed by atoms with Gasteiger partial charge in [-0.1, -0.05) is 37.6 Å². The molecule has 2 nitrogen and oxygen atoms in total. The molecule has 1 atom stereocenters. The molecule has 19 heavy (non-hydrogen) atoms. The highest BCUT2D eigenvalue weighted by Gasteiger charge is 2.07. The van der Waals surface area contributed by atoms with E-state index in [9.17, 15) is 0 Å². The van der Waals surface area contributed by atoms with Gasteiger partial charge in [0, 0.05) is 12.2 Å². The number of nitrogens with zero attached hydrogens (tertiary/aromatic N) is 1. The summed E-state index contributed by atoms with van der Waals surface area (Å²) in [5.74, 6) is 0. The summed E-state index contributed by atoms with van der Waals surface area (Å²) >= 11 is 3.46. The minimum absolute atomic E-state index is 0.260. The second kappa shape index (κ2) is 6.71. The van der Waals surface area contributed by atoms with E-state index in [4.69, 9.17) is 0 Å². The van der Waals surface area contributed by atoms with E-state index >= 15 is 0 Å². The molecule has 0 saturated carbocycles. The van der Waals surface area contributed by atoms with E-state index in [0.29, 0.717) is 0 Å². The van der Waals surface area contributed by atoms with Gasteiger partial charge in [0.05, 0.1) is 5.69 Å². The van der Waals surface area contributed by atoms with Crippen LogP contribution < -0.4 is 5.32 Å². The number of hydrogen-bond acceptors (Lipinski definition) is 2. The number of aromatic nitrogens is 1. The van der Waals surface area contributed by atoms with Gasteiger partial charge < -0.3 is 5.32 Å². The zero-order valence-corrected chi connectivity index (χ0v) is 12.9. The minimum atomic E-state index is 0.260. The van der Waals surface area contributed by atoms with Gasteiger partial charge in [-0.25, -0.2) is 4.98 Å². The highest BCUT2D eigenvalue weighted by molar-refractivity contribution is 9.10. The van der Waals surface area contributed by atoms with E-state index < -0.39 is 0 Å². The zero-order valence-electron chi connectivity index (χ0n) is 11.4. The van der Waals surface area contributed by atoms with Crippen LogP contribution in [0.3, 0.4) is 0 Å². The van der Waals surface area contributed by atoms with E-state index in [0.717, 1.165) is 16.7 Å². The minimum Gasteiger partial charge on any atom is -0.376 e. The van der Waals surface area contributed by atoms with Gasteiger partial charge >= 0.3 is 0 Å². The number of anilines is 1. The first-order valence-corrected chi connectivity index (χ1v) is 7.46. The van der Waals surface area contributed by atoms with Crippen molar-refractivity contribution in [2.24, 2.45) is 0 Å². The Morgan fingerprint density at radius 2 is 1.95 bits per heavy atom. The third kappa shape index (κ3) is 3.80. The molecule has 1 unspecified atom stereocenters. The summed E-state index contributed by atoms with van der Waals surface area (Å²) in [5.41, 5.74) is 3.71. The highest BCUT2D eigenvalue weighted by Crippen LogP contribution is 2.24. The van der Waals surface area contributed by atoms with Crippen molar-refractivity contribution < 1.29 is 0 Å². The van der Waals surface area contributed by atoms with Crippen molar-refractivity contribution >= 4 is 21.6 Å². The average molecular weight is 319 g/mol. The van der Waals surface area contributed by atoms with Crippen LogP contribution in [0.1, 0.15) is 37.4 Å². The normalized spacial score (nSPS) is 12.2. The molecule has 2 aromatic rings. The van der Waals surface area contributed by atoms with Crippen molar-refractivity contribution in [1.82, 2.24) is 4.98 Å². The molecule has 0 amide bonds. The second-order valence-electron chi connectivity index (χ2n) is 4.70. The Balaban J connectivity index is 2.07. The molecule has 0 radical (unpaired) electrons. The lowest BCUT2D eigenvalue weighted by Crippen LogP contribution is -2.07. The van der Waals surface area contributed by atoms with Gasteiger partial charge in [-0.2, -0.15) is 0 Å². The Bertz CT molecular complexity index is 523. The first kappa shape index (κ1) is 14.1. The monoisotopic (exact) mass is 318 g/mol. The van der Waals surface area contributed by atoms with Crippen molar-refractivity contribution in [3.8, 4) is 0 Å². The Hall–Kier alpha value is -1.35. The Morgan fingerprint density at radius 1 is 1.21 bits per heavy atom. The molecule has 0 spiro atoms. The average Bonchev–Trinajstić information content (AvgIpc) is 2.42. The number of halogens is 1. The number of hydrogen-bond donors (Lipinski definition) is 1. The Labute approximate surface area is 123 Å². The molecule has 1 aromatic heterocycles. The van der Waals surface area contributed by atoms with Crippen LogP contribution in [0.25, 0.3) is 0 Å². The molecule has 0 fully saturated rings. The molecule has 1 aromatic carbocycles. The lowest BCUT2D eigenvalue weighted by molar-refractivity contribution is 0.873. The molecule has 1 heterocycles. The van der Waals surface area contributed by atoms with Crippen LogP contribution in [0.5, 0.6) is 0 Å². The third-order valence-corrected chi connectivity index (χ3v) is 3.78. The van der Waals surface area contributed by atoms with E-state index in [-0.39, 0.29) is 6.04 Å². The quantitative estimate of drug-likeness (QED) is 0.787. The molecular weight excluding hydrogens is 300 g/mol. The van der Waals surface area contributed by atoms with Crippen molar-refractivity contribution in [2.75, 3.05) is 5.32 Å². The maximum Gasteiger partial charge on any atom is 0.129 e. The molecule has 0 aliphatic heterocycles. The van der Waals surface area contributed by atoms with Gasteiger partial charge in [0.2, 0.25) is 0 Å². The van der Waals surface area contributed by atoms with Crippen LogP contribution in [0, 0.1) is 0 Å². The van der Waals surface area contributed by atoms with Gasteiger partial charge in [-0.15, -0.1) is 0 Å². The smallest absolute Gasteiger partial charge is 0.129 e. The van der Waals surface area contributed by atoms with Gasteiger partial charge in [0.15, 0.2) is 0 Å². The summed E-state index contributed by atoms with van der Waals surface area (Å²) in [6.45, 7) is 4.37. The summed E-state index contributed by atoms with van der Waals surface area (Å²) < 4.78 is 0.851. The van der Waals surface area contributed by atoms with Crippen LogP contribution in [0.4, 0.5) is 5.69 Å². The van der Waals surface area contributed by atoms with Crippen LogP contribution in [-0.2, 0) is 6.42 Å². The van der Waals surface area contributed by atoms with Crippen LogP contribution in [0.15, 0.2) is 47.2 Å². The van der Waals surface area contributed by atoms with E-state index in [2.05, 4.69) is 64.3 Å². The summed E-state index contributed by atoms with van der Waals surface area (Å²) in [5, 5.41) is 3.47. The SMILES string of the molecule is CCCc1ccc(C(C)Nc2cccnc2Br)cc1. The molecule has 3 heteroatoms. The zero-order chi connectivity index (χ0) is 13.7. The molecule has 2 rings (SSSR count). The molecule has 0 saturated heterocycles. The second-order valence-corrected chi connectivity index (χ2v) is 5.45. The largest absolute Gasteiger partial charge is 0.376 e. The number of pyridine rings is 1. The van der Waals surface area contributed by atoms with Crippen molar-refractivity contribution in [1.29, 1.82) is 0 Å². The molecule has 1 N–H and O–H groups in total. The van der Waals surface area contributed by atoms with Gasteiger partial charge in [0.25, 0.3) is 0 Å². The number of aryl methyl sites for hydroxylation is 1. The standard InChI is InChI=1S/C16H19BrN2/c1-3-5-13-7-9-14(10-8-13)12(2)19-15-6-4-11-18-16(15)17/h4,6-12,19H,3,5H2,1-2H3. The summed E-state index contributed by atoms with van der Waals surface area (Å²) in [7, 11) is 0. The fourth-order valence-corrected chi connectivity index (χ4v) is 2.44. The van der Waals surface area contributed by atoms with E-state index in [1.807, 2.05) is 12.1 Å². The summed E-state index contributed by atoms with van der Waals surface area (Å²) in [6, 6.07) is 13.1. The maximum absolute atomic E-state index is 4.22. The van der Waals surface area contributed by atoms with Crippen LogP contribution in [0.2, 0.25) is 0 Å². The molecule has 0 bridgehead atoms. The van der Waals surface area contributed by atoms with Gasteiger partial charge in [0.1, 0.15) is 4.60 Å². The number of nitrogens with one attached hydrogen (secondary N) is 1. The first-order valence-electron chi connectivity index (χ1n) is 6.66. The van der Waals surface area contributed by atoms with Gasteiger partial charge in [-0.3, -0.25) is 0 Å². The summed E-state index contributed by atoms with van der Waals surface area (Å²) in [6.07, 6.45) is 4.12. The number of rotatable bonds is 5. The first-order chi connectivity index (χ1) is 9.20. The van der Waals surface area contributed by atoms with Crippen molar-refractivity contribution in [3.63, 3.8) is 0 Å². The Morgan fingerprint density at radius 3 is 2.58 bits per heavy atom. The predicted octanol–water partition coefficient (Wildman–Crippen LogP) is 4.97. The van der Waals surface area contributed by atoms with E-state index in [1.54, 1.807) is 6.20 Å².